The van der Waals surface area contributed by atoms with Gasteiger partial charge in [0.15, 0.2) is 0 Å². The highest BCUT2D eigenvalue weighted by Crippen LogP contribution is 2.29. The lowest BCUT2D eigenvalue weighted by Gasteiger charge is -2.08. The molecule has 0 fully saturated rings. The molecule has 2 rings (SSSR count). The van der Waals surface area contributed by atoms with E-state index >= 15 is 0 Å². The number of pyridine rings is 1. The molecular weight excluding hydrogens is 202 g/mol. The molecule has 1 aromatic carbocycles. The summed E-state index contributed by atoms with van der Waals surface area (Å²) in [4.78, 5) is 4.13. The zero-order chi connectivity index (χ0) is 11.5. The van der Waals surface area contributed by atoms with Crippen LogP contribution in [0.3, 0.4) is 0 Å². The van der Waals surface area contributed by atoms with Crippen molar-refractivity contribution in [3.05, 3.63) is 36.5 Å². The molecule has 1 aromatic heterocycles. The standard InChI is InChI=1S/C12H13N3O/c1-16-11-6-5-8(7-15-11)9-3-2-4-10(13)12(9)14/h2-7H,13-14H2,1H3. The largest absolute Gasteiger partial charge is 0.481 e. The maximum absolute atomic E-state index is 5.90. The molecule has 0 aliphatic heterocycles. The first-order valence-corrected chi connectivity index (χ1v) is 4.86. The Morgan fingerprint density at radius 3 is 2.56 bits per heavy atom. The molecule has 0 aliphatic rings. The summed E-state index contributed by atoms with van der Waals surface area (Å²) in [5, 5.41) is 0. The second-order valence-corrected chi connectivity index (χ2v) is 3.40. The van der Waals surface area contributed by atoms with Crippen LogP contribution in [0.1, 0.15) is 0 Å². The first-order valence-electron chi connectivity index (χ1n) is 4.86. The van der Waals surface area contributed by atoms with E-state index in [1.165, 1.54) is 0 Å². The fraction of sp³-hybridized carbons (Fsp3) is 0.0833. The second-order valence-electron chi connectivity index (χ2n) is 3.40. The molecule has 0 bridgehead atoms. The zero-order valence-corrected chi connectivity index (χ0v) is 8.97. The van der Waals surface area contributed by atoms with Crippen LogP contribution in [0.4, 0.5) is 11.4 Å². The number of hydrogen-bond donors (Lipinski definition) is 2. The average molecular weight is 215 g/mol. The molecule has 0 aliphatic carbocycles. The summed E-state index contributed by atoms with van der Waals surface area (Å²) >= 11 is 0. The number of nitrogen functional groups attached to an aromatic ring is 2. The summed E-state index contributed by atoms with van der Waals surface area (Å²) in [7, 11) is 1.58. The van der Waals surface area contributed by atoms with Crippen molar-refractivity contribution >= 4 is 11.4 Å². The van der Waals surface area contributed by atoms with E-state index in [0.29, 0.717) is 17.3 Å². The number of nitrogens with two attached hydrogens (primary N) is 2. The number of anilines is 2. The first kappa shape index (κ1) is 10.3. The Balaban J connectivity index is 2.46. The minimum Gasteiger partial charge on any atom is -0.481 e. The van der Waals surface area contributed by atoms with Gasteiger partial charge in [-0.15, -0.1) is 0 Å². The van der Waals surface area contributed by atoms with Crippen molar-refractivity contribution in [1.82, 2.24) is 4.98 Å². The predicted octanol–water partition coefficient (Wildman–Crippen LogP) is 1.92. The number of benzene rings is 1. The highest BCUT2D eigenvalue weighted by molar-refractivity contribution is 5.83. The maximum Gasteiger partial charge on any atom is 0.212 e. The van der Waals surface area contributed by atoms with Gasteiger partial charge in [0.2, 0.25) is 5.88 Å². The molecule has 82 valence electrons. The van der Waals surface area contributed by atoms with E-state index in [4.69, 9.17) is 16.2 Å². The van der Waals surface area contributed by atoms with Crippen molar-refractivity contribution < 1.29 is 4.74 Å². The summed E-state index contributed by atoms with van der Waals surface area (Å²) in [6.07, 6.45) is 1.71. The van der Waals surface area contributed by atoms with Crippen molar-refractivity contribution in [3.8, 4) is 17.0 Å². The van der Waals surface area contributed by atoms with Crippen LogP contribution in [0.15, 0.2) is 36.5 Å². The second kappa shape index (κ2) is 4.10. The number of aromatic nitrogens is 1. The molecule has 0 unspecified atom stereocenters. The zero-order valence-electron chi connectivity index (χ0n) is 8.97. The Kier molecular flexibility index (Phi) is 2.64. The third-order valence-electron chi connectivity index (χ3n) is 2.40. The fourth-order valence-corrected chi connectivity index (χ4v) is 1.50. The molecule has 0 spiro atoms. The van der Waals surface area contributed by atoms with Gasteiger partial charge in [0, 0.05) is 23.4 Å². The molecule has 0 amide bonds. The number of para-hydroxylation sites is 1. The number of ether oxygens (including phenoxy) is 1. The molecule has 0 saturated heterocycles. The number of nitrogens with zero attached hydrogens (tertiary/aromatic N) is 1. The Hall–Kier alpha value is -2.23. The monoisotopic (exact) mass is 215 g/mol. The van der Waals surface area contributed by atoms with Gasteiger partial charge in [0.05, 0.1) is 18.5 Å². The van der Waals surface area contributed by atoms with E-state index in [1.54, 1.807) is 25.4 Å². The smallest absolute Gasteiger partial charge is 0.212 e. The lowest BCUT2D eigenvalue weighted by molar-refractivity contribution is 0.398. The van der Waals surface area contributed by atoms with Crippen molar-refractivity contribution in [2.24, 2.45) is 0 Å². The minimum absolute atomic E-state index is 0.575. The molecule has 0 radical (unpaired) electrons. The molecule has 1 heterocycles. The van der Waals surface area contributed by atoms with Crippen LogP contribution in [-0.4, -0.2) is 12.1 Å². The van der Waals surface area contributed by atoms with E-state index < -0.39 is 0 Å². The maximum atomic E-state index is 5.90. The van der Waals surface area contributed by atoms with Gasteiger partial charge in [0.1, 0.15) is 0 Å². The van der Waals surface area contributed by atoms with Gasteiger partial charge >= 0.3 is 0 Å². The van der Waals surface area contributed by atoms with E-state index in [9.17, 15) is 0 Å². The molecule has 0 saturated carbocycles. The van der Waals surface area contributed by atoms with E-state index in [0.717, 1.165) is 11.1 Å². The fourth-order valence-electron chi connectivity index (χ4n) is 1.50. The van der Waals surface area contributed by atoms with Crippen molar-refractivity contribution in [2.45, 2.75) is 0 Å². The predicted molar refractivity (Wildman–Crippen MR) is 65.0 cm³/mol. The molecule has 4 heteroatoms. The van der Waals surface area contributed by atoms with Crippen molar-refractivity contribution in [2.75, 3.05) is 18.6 Å². The quantitative estimate of drug-likeness (QED) is 0.750. The first-order chi connectivity index (χ1) is 7.72. The Morgan fingerprint density at radius 1 is 1.12 bits per heavy atom. The van der Waals surface area contributed by atoms with Gasteiger partial charge in [-0.3, -0.25) is 0 Å². The Bertz CT molecular complexity index is 494. The van der Waals surface area contributed by atoms with Crippen LogP contribution in [0.5, 0.6) is 5.88 Å². The number of methoxy groups -OCH3 is 1. The van der Waals surface area contributed by atoms with Crippen LogP contribution < -0.4 is 16.2 Å². The molecule has 16 heavy (non-hydrogen) atoms. The highest BCUT2D eigenvalue weighted by atomic mass is 16.5. The van der Waals surface area contributed by atoms with Crippen LogP contribution in [0, 0.1) is 0 Å². The lowest BCUT2D eigenvalue weighted by atomic mass is 10.0. The highest BCUT2D eigenvalue weighted by Gasteiger charge is 2.05. The van der Waals surface area contributed by atoms with Gasteiger partial charge in [-0.2, -0.15) is 0 Å². The molecule has 4 N–H and O–H groups in total. The average Bonchev–Trinajstić information content (AvgIpc) is 2.33. The van der Waals surface area contributed by atoms with Gasteiger partial charge in [-0.1, -0.05) is 12.1 Å². The summed E-state index contributed by atoms with van der Waals surface area (Å²) in [5.74, 6) is 0.575. The summed E-state index contributed by atoms with van der Waals surface area (Å²) in [5.41, 5.74) is 14.6. The number of hydrogen-bond acceptors (Lipinski definition) is 4. The third kappa shape index (κ3) is 1.77. The normalized spacial score (nSPS) is 10.1. The lowest BCUT2D eigenvalue weighted by Crippen LogP contribution is -1.97. The summed E-state index contributed by atoms with van der Waals surface area (Å²) < 4.78 is 4.99. The van der Waals surface area contributed by atoms with Crippen molar-refractivity contribution in [3.63, 3.8) is 0 Å². The Labute approximate surface area is 93.9 Å². The van der Waals surface area contributed by atoms with E-state index in [2.05, 4.69) is 4.98 Å². The summed E-state index contributed by atoms with van der Waals surface area (Å²) in [6, 6.07) is 9.24. The SMILES string of the molecule is COc1ccc(-c2cccc(N)c2N)cn1. The van der Waals surface area contributed by atoms with Gasteiger partial charge < -0.3 is 16.2 Å². The van der Waals surface area contributed by atoms with E-state index in [-0.39, 0.29) is 0 Å². The van der Waals surface area contributed by atoms with Crippen LogP contribution in [-0.2, 0) is 0 Å². The molecule has 4 nitrogen and oxygen atoms in total. The van der Waals surface area contributed by atoms with Gasteiger partial charge in [0.25, 0.3) is 0 Å². The van der Waals surface area contributed by atoms with Crippen LogP contribution >= 0.6 is 0 Å². The molecule has 2 aromatic rings. The van der Waals surface area contributed by atoms with Crippen LogP contribution in [0.25, 0.3) is 11.1 Å². The number of rotatable bonds is 2. The summed E-state index contributed by atoms with van der Waals surface area (Å²) in [6.45, 7) is 0. The van der Waals surface area contributed by atoms with Gasteiger partial charge in [-0.25, -0.2) is 4.98 Å². The van der Waals surface area contributed by atoms with Gasteiger partial charge in [-0.05, 0) is 12.1 Å². The molecule has 0 atom stereocenters. The van der Waals surface area contributed by atoms with E-state index in [1.807, 2.05) is 18.2 Å². The minimum atomic E-state index is 0.575. The molecular formula is C12H13N3O. The topological polar surface area (TPSA) is 74.2 Å². The van der Waals surface area contributed by atoms with Crippen molar-refractivity contribution in [1.29, 1.82) is 0 Å². The third-order valence-corrected chi connectivity index (χ3v) is 2.40. The van der Waals surface area contributed by atoms with Crippen LogP contribution in [0.2, 0.25) is 0 Å². The Morgan fingerprint density at radius 2 is 1.94 bits per heavy atom.